The van der Waals surface area contributed by atoms with Gasteiger partial charge in [0.1, 0.15) is 23.4 Å². The van der Waals surface area contributed by atoms with Crippen molar-refractivity contribution < 1.29 is 18.7 Å². The van der Waals surface area contributed by atoms with Gasteiger partial charge in [0, 0.05) is 5.56 Å². The Hall–Kier alpha value is -2.14. The zero-order valence-corrected chi connectivity index (χ0v) is 12.4. The third-order valence-electron chi connectivity index (χ3n) is 4.12. The van der Waals surface area contributed by atoms with Crippen molar-refractivity contribution in [1.29, 1.82) is 0 Å². The summed E-state index contributed by atoms with van der Waals surface area (Å²) in [5.74, 6) is 0.360. The number of carboxylic acids is 1. The number of carbonyl (C=O) groups is 1. The van der Waals surface area contributed by atoms with Crippen molar-refractivity contribution in [1.82, 2.24) is 4.90 Å². The summed E-state index contributed by atoms with van der Waals surface area (Å²) in [6.45, 7) is 3.08. The molecule has 0 amide bonds. The van der Waals surface area contributed by atoms with Crippen LogP contribution in [0.1, 0.15) is 24.2 Å². The SMILES string of the molecule is Cc1cc(F)ccc1-c1ccc(CN2CCCC2C(=O)O)o1. The largest absolute Gasteiger partial charge is 0.480 e. The summed E-state index contributed by atoms with van der Waals surface area (Å²) in [5, 5.41) is 9.20. The number of benzene rings is 1. The molecule has 3 rings (SSSR count). The van der Waals surface area contributed by atoms with Crippen LogP contribution in [0.5, 0.6) is 0 Å². The molecule has 1 saturated heterocycles. The van der Waals surface area contributed by atoms with Crippen molar-refractivity contribution in [3.8, 4) is 11.3 Å². The minimum Gasteiger partial charge on any atom is -0.480 e. The highest BCUT2D eigenvalue weighted by Crippen LogP contribution is 2.28. The molecular weight excluding hydrogens is 285 g/mol. The lowest BCUT2D eigenvalue weighted by Crippen LogP contribution is -2.35. The van der Waals surface area contributed by atoms with Crippen molar-refractivity contribution in [3.05, 3.63) is 47.5 Å². The van der Waals surface area contributed by atoms with Crippen molar-refractivity contribution in [2.45, 2.75) is 32.4 Å². The number of hydrogen-bond donors (Lipinski definition) is 1. The quantitative estimate of drug-likeness (QED) is 0.940. The summed E-state index contributed by atoms with van der Waals surface area (Å²) in [5.41, 5.74) is 1.66. The average molecular weight is 303 g/mol. The first kappa shape index (κ1) is 14.8. The van der Waals surface area contributed by atoms with E-state index in [1.807, 2.05) is 24.0 Å². The normalized spacial score (nSPS) is 18.7. The van der Waals surface area contributed by atoms with E-state index in [1.165, 1.54) is 12.1 Å². The molecule has 4 nitrogen and oxygen atoms in total. The highest BCUT2D eigenvalue weighted by Gasteiger charge is 2.30. The van der Waals surface area contributed by atoms with Gasteiger partial charge < -0.3 is 9.52 Å². The molecule has 1 fully saturated rings. The number of hydrogen-bond acceptors (Lipinski definition) is 3. The number of furan rings is 1. The number of likely N-dealkylation sites (tertiary alicyclic amines) is 1. The molecule has 1 aliphatic rings. The maximum atomic E-state index is 13.2. The molecule has 1 unspecified atom stereocenters. The Bertz CT molecular complexity index is 695. The fourth-order valence-electron chi connectivity index (χ4n) is 3.01. The highest BCUT2D eigenvalue weighted by molar-refractivity contribution is 5.73. The number of nitrogens with zero attached hydrogens (tertiary/aromatic N) is 1. The Morgan fingerprint density at radius 2 is 2.23 bits per heavy atom. The van der Waals surface area contributed by atoms with Gasteiger partial charge in [0.15, 0.2) is 0 Å². The lowest BCUT2D eigenvalue weighted by Gasteiger charge is -2.19. The molecule has 2 heterocycles. The van der Waals surface area contributed by atoms with Gasteiger partial charge in [-0.3, -0.25) is 9.69 Å². The molecule has 0 aliphatic carbocycles. The molecule has 0 spiro atoms. The average Bonchev–Trinajstić information content (AvgIpc) is 3.08. The van der Waals surface area contributed by atoms with E-state index < -0.39 is 12.0 Å². The Labute approximate surface area is 128 Å². The van der Waals surface area contributed by atoms with Crippen LogP contribution in [0.25, 0.3) is 11.3 Å². The third kappa shape index (κ3) is 2.90. The summed E-state index contributed by atoms with van der Waals surface area (Å²) < 4.78 is 19.0. The van der Waals surface area contributed by atoms with Gasteiger partial charge in [0.2, 0.25) is 0 Å². The maximum absolute atomic E-state index is 13.2. The van der Waals surface area contributed by atoms with E-state index in [0.717, 1.165) is 29.9 Å². The van der Waals surface area contributed by atoms with Gasteiger partial charge in [0.05, 0.1) is 6.54 Å². The second-order valence-electron chi connectivity index (χ2n) is 5.69. The fraction of sp³-hybridized carbons (Fsp3) is 0.353. The highest BCUT2D eigenvalue weighted by atomic mass is 19.1. The number of halogens is 1. The predicted molar refractivity (Wildman–Crippen MR) is 79.9 cm³/mol. The Balaban J connectivity index is 1.78. The lowest BCUT2D eigenvalue weighted by molar-refractivity contribution is -0.142. The van der Waals surface area contributed by atoms with Crippen molar-refractivity contribution in [2.75, 3.05) is 6.54 Å². The number of aliphatic carboxylic acids is 1. The molecule has 1 atom stereocenters. The number of carboxylic acid groups (broad SMARTS) is 1. The van der Waals surface area contributed by atoms with Gasteiger partial charge in [0.25, 0.3) is 0 Å². The van der Waals surface area contributed by atoms with Crippen molar-refractivity contribution in [3.63, 3.8) is 0 Å². The lowest BCUT2D eigenvalue weighted by atomic mass is 10.1. The van der Waals surface area contributed by atoms with E-state index >= 15 is 0 Å². The van der Waals surface area contributed by atoms with Gasteiger partial charge in [-0.05, 0) is 62.2 Å². The first-order valence-corrected chi connectivity index (χ1v) is 7.36. The predicted octanol–water partition coefficient (Wildman–Crippen LogP) is 3.44. The smallest absolute Gasteiger partial charge is 0.320 e. The van der Waals surface area contributed by atoms with Gasteiger partial charge in [-0.15, -0.1) is 0 Å². The molecule has 2 aromatic rings. The molecule has 1 aromatic heterocycles. The summed E-state index contributed by atoms with van der Waals surface area (Å²) in [4.78, 5) is 13.1. The molecule has 22 heavy (non-hydrogen) atoms. The van der Waals surface area contributed by atoms with Gasteiger partial charge in [-0.2, -0.15) is 0 Å². The first-order valence-electron chi connectivity index (χ1n) is 7.36. The summed E-state index contributed by atoms with van der Waals surface area (Å²) in [7, 11) is 0. The molecule has 1 N–H and O–H groups in total. The van der Waals surface area contributed by atoms with Crippen molar-refractivity contribution >= 4 is 5.97 Å². The Morgan fingerprint density at radius 3 is 2.95 bits per heavy atom. The second kappa shape index (κ2) is 5.93. The molecule has 1 aromatic carbocycles. The van der Waals surface area contributed by atoms with Crippen LogP contribution in [-0.4, -0.2) is 28.6 Å². The van der Waals surface area contributed by atoms with E-state index in [-0.39, 0.29) is 5.82 Å². The van der Waals surface area contributed by atoms with Crippen LogP contribution in [0, 0.1) is 12.7 Å². The maximum Gasteiger partial charge on any atom is 0.320 e. The third-order valence-corrected chi connectivity index (χ3v) is 4.12. The summed E-state index contributed by atoms with van der Waals surface area (Å²) >= 11 is 0. The van der Waals surface area contributed by atoms with Crippen LogP contribution in [0.3, 0.4) is 0 Å². The fourth-order valence-corrected chi connectivity index (χ4v) is 3.01. The minimum absolute atomic E-state index is 0.269. The molecular formula is C17H18FNO3. The zero-order valence-electron chi connectivity index (χ0n) is 12.4. The minimum atomic E-state index is -0.779. The molecule has 0 radical (unpaired) electrons. The van der Waals surface area contributed by atoms with E-state index in [0.29, 0.717) is 18.7 Å². The van der Waals surface area contributed by atoms with Gasteiger partial charge in [-0.25, -0.2) is 4.39 Å². The first-order chi connectivity index (χ1) is 10.5. The summed E-state index contributed by atoms with van der Waals surface area (Å²) in [6.07, 6.45) is 1.57. The second-order valence-corrected chi connectivity index (χ2v) is 5.69. The van der Waals surface area contributed by atoms with Crippen LogP contribution in [0.15, 0.2) is 34.7 Å². The van der Waals surface area contributed by atoms with E-state index in [4.69, 9.17) is 4.42 Å². The molecule has 5 heteroatoms. The topological polar surface area (TPSA) is 53.7 Å². The summed E-state index contributed by atoms with van der Waals surface area (Å²) in [6, 6.07) is 7.85. The Morgan fingerprint density at radius 1 is 1.41 bits per heavy atom. The van der Waals surface area contributed by atoms with E-state index in [9.17, 15) is 14.3 Å². The molecule has 0 bridgehead atoms. The van der Waals surface area contributed by atoms with E-state index in [1.54, 1.807) is 6.07 Å². The van der Waals surface area contributed by atoms with Crippen LogP contribution < -0.4 is 0 Å². The van der Waals surface area contributed by atoms with Crippen LogP contribution in [0.4, 0.5) is 4.39 Å². The number of rotatable bonds is 4. The standard InChI is InChI=1S/C17H18FNO3/c1-11-9-12(18)4-6-14(11)16-7-5-13(22-16)10-19-8-2-3-15(19)17(20)21/h4-7,9,15H,2-3,8,10H2,1H3,(H,20,21). The molecule has 116 valence electrons. The van der Waals surface area contributed by atoms with Crippen LogP contribution in [-0.2, 0) is 11.3 Å². The Kier molecular flexibility index (Phi) is 3.98. The molecule has 1 aliphatic heterocycles. The van der Waals surface area contributed by atoms with Gasteiger partial charge >= 0.3 is 5.97 Å². The van der Waals surface area contributed by atoms with Crippen molar-refractivity contribution in [2.24, 2.45) is 0 Å². The zero-order chi connectivity index (χ0) is 15.7. The molecule has 0 saturated carbocycles. The van der Waals surface area contributed by atoms with Crippen LogP contribution in [0.2, 0.25) is 0 Å². The number of aryl methyl sites for hydroxylation is 1. The monoisotopic (exact) mass is 303 g/mol. The van der Waals surface area contributed by atoms with E-state index in [2.05, 4.69) is 0 Å². The van der Waals surface area contributed by atoms with Crippen LogP contribution >= 0.6 is 0 Å². The van der Waals surface area contributed by atoms with Gasteiger partial charge in [-0.1, -0.05) is 0 Å².